The molecule has 0 radical (unpaired) electrons. The van der Waals surface area contributed by atoms with Gasteiger partial charge in [0.2, 0.25) is 5.91 Å². The van der Waals surface area contributed by atoms with E-state index in [0.717, 1.165) is 32.4 Å². The number of amides is 1. The van der Waals surface area contributed by atoms with Crippen LogP contribution >= 0.6 is 0 Å². The first-order valence-corrected chi connectivity index (χ1v) is 7.09. The summed E-state index contributed by atoms with van der Waals surface area (Å²) in [6.07, 6.45) is 3.65. The van der Waals surface area contributed by atoms with Crippen molar-refractivity contribution in [1.29, 1.82) is 5.26 Å². The van der Waals surface area contributed by atoms with Crippen LogP contribution < -0.4 is 5.32 Å². The molecule has 2 fully saturated rings. The van der Waals surface area contributed by atoms with Crippen LogP contribution in [-0.4, -0.2) is 50.7 Å². The SMILES string of the molecule is COCCN(CCC#N)C(=O)C1CC12CCNCC2. The molecule has 0 aromatic rings. The van der Waals surface area contributed by atoms with Gasteiger partial charge in [0.1, 0.15) is 0 Å². The summed E-state index contributed by atoms with van der Waals surface area (Å²) in [5, 5.41) is 12.0. The fraction of sp³-hybridized carbons (Fsp3) is 0.857. The van der Waals surface area contributed by atoms with E-state index in [-0.39, 0.29) is 17.2 Å². The largest absolute Gasteiger partial charge is 0.383 e. The Bertz CT molecular complexity index is 358. The predicted octanol–water partition coefficient (Wildman–Crippen LogP) is 0.765. The number of ether oxygens (including phenoxy) is 1. The van der Waals surface area contributed by atoms with Gasteiger partial charge in [-0.2, -0.15) is 5.26 Å². The first-order chi connectivity index (χ1) is 9.23. The number of hydrogen-bond acceptors (Lipinski definition) is 4. The Morgan fingerprint density at radius 2 is 2.21 bits per heavy atom. The smallest absolute Gasteiger partial charge is 0.226 e. The lowest BCUT2D eigenvalue weighted by atomic mass is 9.91. The van der Waals surface area contributed by atoms with Crippen LogP contribution in [0.15, 0.2) is 0 Å². The lowest BCUT2D eigenvalue weighted by Gasteiger charge is -2.26. The van der Waals surface area contributed by atoms with E-state index in [9.17, 15) is 4.79 Å². The molecule has 1 unspecified atom stereocenters. The van der Waals surface area contributed by atoms with Crippen LogP contribution in [0.2, 0.25) is 0 Å². The minimum atomic E-state index is 0.185. The number of methoxy groups -OCH3 is 1. The number of carbonyl (C=O) groups is 1. The molecule has 1 spiro atoms. The standard InChI is InChI=1S/C14H23N3O2/c1-19-10-9-17(8-2-5-15)13(18)12-11-14(12)3-6-16-7-4-14/h12,16H,2-4,6-11H2,1H3. The average Bonchev–Trinajstić information content (AvgIpc) is 3.12. The van der Waals surface area contributed by atoms with Gasteiger partial charge in [0.15, 0.2) is 0 Å². The summed E-state index contributed by atoms with van der Waals surface area (Å²) in [7, 11) is 1.64. The van der Waals surface area contributed by atoms with Crippen LogP contribution in [-0.2, 0) is 9.53 Å². The number of nitriles is 1. The van der Waals surface area contributed by atoms with Gasteiger partial charge in [-0.05, 0) is 37.8 Å². The van der Waals surface area contributed by atoms with Crippen LogP contribution in [0.1, 0.15) is 25.7 Å². The fourth-order valence-electron chi connectivity index (χ4n) is 3.11. The van der Waals surface area contributed by atoms with Gasteiger partial charge in [-0.25, -0.2) is 0 Å². The third-order valence-electron chi connectivity index (χ3n) is 4.46. The van der Waals surface area contributed by atoms with Crippen molar-refractivity contribution < 1.29 is 9.53 Å². The Kier molecular flexibility index (Phi) is 4.78. The van der Waals surface area contributed by atoms with Crippen molar-refractivity contribution in [2.45, 2.75) is 25.7 Å². The molecule has 1 N–H and O–H groups in total. The van der Waals surface area contributed by atoms with Crippen molar-refractivity contribution in [3.8, 4) is 6.07 Å². The van der Waals surface area contributed by atoms with E-state index in [1.165, 1.54) is 0 Å². The van der Waals surface area contributed by atoms with Gasteiger partial charge in [0, 0.05) is 26.1 Å². The van der Waals surface area contributed by atoms with Gasteiger partial charge in [0.05, 0.1) is 19.1 Å². The summed E-state index contributed by atoms with van der Waals surface area (Å²) in [6.45, 7) is 3.73. The zero-order chi connectivity index (χ0) is 13.7. The van der Waals surface area contributed by atoms with Crippen molar-refractivity contribution in [2.24, 2.45) is 11.3 Å². The Morgan fingerprint density at radius 1 is 1.47 bits per heavy atom. The molecule has 5 heteroatoms. The first-order valence-electron chi connectivity index (χ1n) is 7.09. The van der Waals surface area contributed by atoms with Gasteiger partial charge in [0.25, 0.3) is 0 Å². The highest BCUT2D eigenvalue weighted by atomic mass is 16.5. The normalized spacial score (nSPS) is 23.9. The van der Waals surface area contributed by atoms with E-state index in [4.69, 9.17) is 10.00 Å². The first kappa shape index (κ1) is 14.3. The molecule has 1 saturated heterocycles. The molecule has 1 aliphatic carbocycles. The van der Waals surface area contributed by atoms with Crippen LogP contribution in [0.5, 0.6) is 0 Å². The quantitative estimate of drug-likeness (QED) is 0.770. The Labute approximate surface area is 114 Å². The van der Waals surface area contributed by atoms with E-state index in [2.05, 4.69) is 11.4 Å². The molecular formula is C14H23N3O2. The molecule has 1 heterocycles. The molecule has 2 aliphatic rings. The van der Waals surface area contributed by atoms with E-state index in [1.807, 2.05) is 4.90 Å². The zero-order valence-corrected chi connectivity index (χ0v) is 11.7. The van der Waals surface area contributed by atoms with Crippen molar-refractivity contribution in [3.05, 3.63) is 0 Å². The van der Waals surface area contributed by atoms with Crippen LogP contribution in [0.4, 0.5) is 0 Å². The number of hydrogen-bond donors (Lipinski definition) is 1. The number of carbonyl (C=O) groups excluding carboxylic acids is 1. The Morgan fingerprint density at radius 3 is 2.84 bits per heavy atom. The number of rotatable bonds is 6. The number of piperidine rings is 1. The minimum Gasteiger partial charge on any atom is -0.383 e. The molecule has 106 valence electrons. The number of nitrogens with one attached hydrogen (secondary N) is 1. The monoisotopic (exact) mass is 265 g/mol. The van der Waals surface area contributed by atoms with Crippen molar-refractivity contribution in [3.63, 3.8) is 0 Å². The highest BCUT2D eigenvalue weighted by molar-refractivity contribution is 5.82. The summed E-state index contributed by atoms with van der Waals surface area (Å²) in [6, 6.07) is 2.12. The Hall–Kier alpha value is -1.12. The summed E-state index contributed by atoms with van der Waals surface area (Å²) in [5.41, 5.74) is 0.264. The zero-order valence-electron chi connectivity index (χ0n) is 11.7. The molecule has 1 atom stereocenters. The molecular weight excluding hydrogens is 242 g/mol. The second-order valence-corrected chi connectivity index (χ2v) is 5.60. The van der Waals surface area contributed by atoms with Crippen LogP contribution in [0.25, 0.3) is 0 Å². The molecule has 0 aromatic carbocycles. The van der Waals surface area contributed by atoms with E-state index < -0.39 is 0 Å². The van der Waals surface area contributed by atoms with Gasteiger partial charge in [-0.3, -0.25) is 4.79 Å². The highest BCUT2D eigenvalue weighted by Crippen LogP contribution is 2.59. The lowest BCUT2D eigenvalue weighted by molar-refractivity contribution is -0.134. The second-order valence-electron chi connectivity index (χ2n) is 5.60. The molecule has 1 aliphatic heterocycles. The number of nitrogens with zero attached hydrogens (tertiary/aromatic N) is 2. The molecule has 5 nitrogen and oxygen atoms in total. The summed E-state index contributed by atoms with van der Waals surface area (Å²) >= 11 is 0. The Balaban J connectivity index is 1.90. The topological polar surface area (TPSA) is 65.4 Å². The predicted molar refractivity (Wildman–Crippen MR) is 71.3 cm³/mol. The lowest BCUT2D eigenvalue weighted by Crippen LogP contribution is -2.38. The van der Waals surface area contributed by atoms with Crippen LogP contribution in [0.3, 0.4) is 0 Å². The van der Waals surface area contributed by atoms with Gasteiger partial charge in [-0.15, -0.1) is 0 Å². The third-order valence-corrected chi connectivity index (χ3v) is 4.46. The van der Waals surface area contributed by atoms with Crippen molar-refractivity contribution in [2.75, 3.05) is 39.9 Å². The molecule has 0 bridgehead atoms. The van der Waals surface area contributed by atoms with Crippen molar-refractivity contribution in [1.82, 2.24) is 10.2 Å². The minimum absolute atomic E-state index is 0.185. The van der Waals surface area contributed by atoms with Crippen LogP contribution in [0, 0.1) is 22.7 Å². The maximum Gasteiger partial charge on any atom is 0.226 e. The average molecular weight is 265 g/mol. The second kappa shape index (κ2) is 6.36. The summed E-state index contributed by atoms with van der Waals surface area (Å²) in [5.74, 6) is 0.416. The summed E-state index contributed by atoms with van der Waals surface area (Å²) in [4.78, 5) is 14.3. The maximum atomic E-state index is 12.5. The van der Waals surface area contributed by atoms with Gasteiger partial charge >= 0.3 is 0 Å². The van der Waals surface area contributed by atoms with E-state index in [0.29, 0.717) is 26.1 Å². The summed E-state index contributed by atoms with van der Waals surface area (Å²) < 4.78 is 5.05. The molecule has 2 rings (SSSR count). The molecule has 0 aromatic heterocycles. The van der Waals surface area contributed by atoms with Gasteiger partial charge < -0.3 is 15.0 Å². The third kappa shape index (κ3) is 3.26. The molecule has 19 heavy (non-hydrogen) atoms. The highest BCUT2D eigenvalue weighted by Gasteiger charge is 2.58. The fourth-order valence-corrected chi connectivity index (χ4v) is 3.11. The van der Waals surface area contributed by atoms with Gasteiger partial charge in [-0.1, -0.05) is 0 Å². The van der Waals surface area contributed by atoms with Crippen molar-refractivity contribution >= 4 is 5.91 Å². The molecule has 1 saturated carbocycles. The maximum absolute atomic E-state index is 12.5. The molecule has 1 amide bonds. The van der Waals surface area contributed by atoms with E-state index >= 15 is 0 Å². The van der Waals surface area contributed by atoms with E-state index in [1.54, 1.807) is 7.11 Å².